The third kappa shape index (κ3) is 5.47. The van der Waals surface area contributed by atoms with Gasteiger partial charge in [-0.25, -0.2) is 0 Å². The molecule has 0 amide bonds. The van der Waals surface area contributed by atoms with Gasteiger partial charge in [-0.1, -0.05) is 128 Å². The first kappa shape index (κ1) is 24.1. The summed E-state index contributed by atoms with van der Waals surface area (Å²) in [6.07, 6.45) is 0. The summed E-state index contributed by atoms with van der Waals surface area (Å²) in [6.45, 7) is 22.1. The van der Waals surface area contributed by atoms with Gasteiger partial charge in [0.1, 0.15) is 0 Å². The minimum Gasteiger partial charge on any atom is -0.662 e. The maximum Gasteiger partial charge on any atom is -0.0231 e. The first-order valence-corrected chi connectivity index (χ1v) is 11.4. The average molecular weight is 405 g/mol. The van der Waals surface area contributed by atoms with Crippen LogP contribution in [0, 0.1) is 0 Å². The molecule has 0 bridgehead atoms. The zero-order valence-electron chi connectivity index (χ0n) is 20.7. The number of hydrogen-bond donors (Lipinski definition) is 0. The van der Waals surface area contributed by atoms with Crippen LogP contribution >= 0.6 is 0 Å². The van der Waals surface area contributed by atoms with Crippen LogP contribution in [-0.4, -0.2) is 0 Å². The van der Waals surface area contributed by atoms with E-state index < -0.39 is 0 Å². The molecular formula is C28H40N2-2. The van der Waals surface area contributed by atoms with Gasteiger partial charge in [-0.2, -0.15) is 11.4 Å². The Labute approximate surface area is 185 Å². The zero-order valence-corrected chi connectivity index (χ0v) is 20.7. The van der Waals surface area contributed by atoms with Gasteiger partial charge in [0.05, 0.1) is 0 Å². The molecule has 0 spiro atoms. The van der Waals surface area contributed by atoms with Gasteiger partial charge in [-0.3, -0.25) is 0 Å². The lowest BCUT2D eigenvalue weighted by Crippen LogP contribution is -1.98. The number of rotatable bonds is 8. The van der Waals surface area contributed by atoms with E-state index in [1.54, 1.807) is 0 Å². The first-order valence-electron chi connectivity index (χ1n) is 11.4. The van der Waals surface area contributed by atoms with Gasteiger partial charge in [0, 0.05) is 0 Å². The van der Waals surface area contributed by atoms with Crippen molar-refractivity contribution >= 4 is 11.4 Å². The van der Waals surface area contributed by atoms with Crippen LogP contribution in [0.15, 0.2) is 47.8 Å². The molecule has 0 aliphatic rings. The lowest BCUT2D eigenvalue weighted by Gasteiger charge is -2.39. The highest BCUT2D eigenvalue weighted by atomic mass is 15.0. The highest BCUT2D eigenvalue weighted by Crippen LogP contribution is 2.43. The van der Waals surface area contributed by atoms with Crippen molar-refractivity contribution in [3.8, 4) is 0 Å². The van der Waals surface area contributed by atoms with Gasteiger partial charge in [0.25, 0.3) is 0 Å². The van der Waals surface area contributed by atoms with Crippen molar-refractivity contribution in [2.75, 3.05) is 0 Å². The molecule has 0 saturated carbocycles. The molecule has 0 atom stereocenters. The van der Waals surface area contributed by atoms with Gasteiger partial charge < -0.3 is 10.6 Å². The lowest BCUT2D eigenvalue weighted by atomic mass is 9.92. The molecule has 2 rings (SSSR count). The van der Waals surface area contributed by atoms with Crippen LogP contribution in [0.3, 0.4) is 0 Å². The van der Waals surface area contributed by atoms with Crippen molar-refractivity contribution in [2.45, 2.75) is 92.9 Å². The lowest BCUT2D eigenvalue weighted by molar-refractivity contribution is 0.838. The minimum atomic E-state index is 0.432. The third-order valence-electron chi connectivity index (χ3n) is 5.77. The molecular weight excluding hydrogens is 364 g/mol. The van der Waals surface area contributed by atoms with Gasteiger partial charge in [-0.15, -0.1) is 11.4 Å². The predicted molar refractivity (Wildman–Crippen MR) is 134 cm³/mol. The third-order valence-corrected chi connectivity index (χ3v) is 5.77. The molecule has 0 aliphatic heterocycles. The Morgan fingerprint density at radius 3 is 0.933 bits per heavy atom. The van der Waals surface area contributed by atoms with Crippen LogP contribution in [0.1, 0.15) is 115 Å². The van der Waals surface area contributed by atoms with E-state index in [1.165, 1.54) is 22.3 Å². The smallest absolute Gasteiger partial charge is 0.0231 e. The molecule has 2 aromatic carbocycles. The van der Waals surface area contributed by atoms with Crippen LogP contribution in [0.25, 0.3) is 10.6 Å². The molecule has 0 aliphatic carbocycles. The molecule has 2 aromatic rings. The van der Waals surface area contributed by atoms with E-state index in [0.29, 0.717) is 23.7 Å². The summed E-state index contributed by atoms with van der Waals surface area (Å²) in [6, 6.07) is 13.2. The fourth-order valence-corrected chi connectivity index (χ4v) is 3.78. The van der Waals surface area contributed by atoms with E-state index in [4.69, 9.17) is 10.6 Å². The molecule has 0 fully saturated rings. The molecule has 164 valence electrons. The normalized spacial score (nSPS) is 12.7. The molecule has 0 saturated heterocycles. The second kappa shape index (κ2) is 10.2. The van der Waals surface area contributed by atoms with Crippen molar-refractivity contribution in [3.63, 3.8) is 0 Å². The molecule has 0 aromatic heterocycles. The van der Waals surface area contributed by atoms with Gasteiger partial charge in [-0.05, 0) is 23.7 Å². The molecule has 0 heterocycles. The van der Waals surface area contributed by atoms with Crippen LogP contribution in [0.4, 0.5) is 11.4 Å². The second-order valence-corrected chi connectivity index (χ2v) is 9.58. The Hall–Kier alpha value is -2.22. The SMILES string of the molecule is C/C([N-]c1c(C(C)C)cccc1C(C)C)=C(/C)[N-]c1c(C(C)C)cccc1C(C)C. The summed E-state index contributed by atoms with van der Waals surface area (Å²) in [5.74, 6) is 1.73. The second-order valence-electron chi connectivity index (χ2n) is 9.58. The highest BCUT2D eigenvalue weighted by molar-refractivity contribution is 5.71. The van der Waals surface area contributed by atoms with Crippen molar-refractivity contribution in [2.24, 2.45) is 0 Å². The average Bonchev–Trinajstić information content (AvgIpc) is 2.67. The Morgan fingerprint density at radius 2 is 0.733 bits per heavy atom. The van der Waals surface area contributed by atoms with E-state index in [0.717, 1.165) is 22.8 Å². The van der Waals surface area contributed by atoms with Gasteiger partial charge in [0.2, 0.25) is 0 Å². The van der Waals surface area contributed by atoms with E-state index in [9.17, 15) is 0 Å². The van der Waals surface area contributed by atoms with E-state index in [-0.39, 0.29) is 0 Å². The quantitative estimate of drug-likeness (QED) is 0.418. The van der Waals surface area contributed by atoms with Crippen molar-refractivity contribution in [1.29, 1.82) is 0 Å². The Bertz CT molecular complexity index is 760. The van der Waals surface area contributed by atoms with E-state index >= 15 is 0 Å². The fraction of sp³-hybridized carbons (Fsp3) is 0.500. The van der Waals surface area contributed by atoms with Crippen LogP contribution < -0.4 is 0 Å². The summed E-state index contributed by atoms with van der Waals surface area (Å²) in [7, 11) is 0. The summed E-state index contributed by atoms with van der Waals surface area (Å²) < 4.78 is 0. The molecule has 30 heavy (non-hydrogen) atoms. The van der Waals surface area contributed by atoms with Gasteiger partial charge in [0.15, 0.2) is 0 Å². The van der Waals surface area contributed by atoms with Crippen LogP contribution in [-0.2, 0) is 0 Å². The maximum absolute atomic E-state index is 5.13. The maximum atomic E-state index is 5.13. The van der Waals surface area contributed by atoms with E-state index in [1.807, 2.05) is 0 Å². The van der Waals surface area contributed by atoms with Gasteiger partial charge >= 0.3 is 0 Å². The molecule has 2 nitrogen and oxygen atoms in total. The Kier molecular flexibility index (Phi) is 8.18. The number of hydrogen-bond acceptors (Lipinski definition) is 0. The Balaban J connectivity index is 2.48. The molecule has 0 radical (unpaired) electrons. The summed E-state index contributed by atoms with van der Waals surface area (Å²) in [5, 5.41) is 10.3. The molecule has 0 unspecified atom stereocenters. The standard InChI is InChI=1S/C28H40N2/c1-17(2)23-13-11-14-24(18(3)4)27(23)29-21(9)22(10)30-28-25(19(5)6)15-12-16-26(28)20(7)8/h11-20H,1-10H3/q-2/b22-21+. The van der Waals surface area contributed by atoms with Crippen molar-refractivity contribution < 1.29 is 0 Å². The highest BCUT2D eigenvalue weighted by Gasteiger charge is 2.09. The molecule has 0 N–H and O–H groups in total. The topological polar surface area (TPSA) is 28.2 Å². The number of nitrogens with zero attached hydrogens (tertiary/aromatic N) is 2. The van der Waals surface area contributed by atoms with Crippen LogP contribution in [0.2, 0.25) is 0 Å². The predicted octanol–water partition coefficient (Wildman–Crippen LogP) is 10.1. The largest absolute Gasteiger partial charge is 0.662 e. The number of para-hydroxylation sites is 2. The summed E-state index contributed by atoms with van der Waals surface area (Å²) in [4.78, 5) is 0. The minimum absolute atomic E-state index is 0.432. The number of allylic oxidation sites excluding steroid dienone is 2. The van der Waals surface area contributed by atoms with Crippen LogP contribution in [0.5, 0.6) is 0 Å². The van der Waals surface area contributed by atoms with Crippen molar-refractivity contribution in [3.05, 3.63) is 80.7 Å². The van der Waals surface area contributed by atoms with E-state index in [2.05, 4.69) is 106 Å². The number of benzene rings is 2. The Morgan fingerprint density at radius 1 is 0.500 bits per heavy atom. The first-order chi connectivity index (χ1) is 14.0. The fourth-order valence-electron chi connectivity index (χ4n) is 3.78. The van der Waals surface area contributed by atoms with Crippen molar-refractivity contribution in [1.82, 2.24) is 0 Å². The summed E-state index contributed by atoms with van der Waals surface area (Å²) in [5.41, 5.74) is 9.43. The molecule has 2 heteroatoms. The zero-order chi connectivity index (χ0) is 22.6. The monoisotopic (exact) mass is 404 g/mol. The summed E-state index contributed by atoms with van der Waals surface area (Å²) >= 11 is 0.